The quantitative estimate of drug-likeness (QED) is 0.129. The molecule has 0 saturated heterocycles. The minimum absolute atomic E-state index is 0.287. The van der Waals surface area contributed by atoms with Crippen molar-refractivity contribution in [2.75, 3.05) is 0 Å². The minimum Gasteiger partial charge on any atom is -0.378 e. The minimum atomic E-state index is -2.99. The van der Waals surface area contributed by atoms with Crippen LogP contribution in [0.1, 0.15) is 91.5 Å². The van der Waals surface area contributed by atoms with Crippen LogP contribution in [0.2, 0.25) is 10.1 Å². The van der Waals surface area contributed by atoms with Gasteiger partial charge in [0.25, 0.3) is 0 Å². The summed E-state index contributed by atoms with van der Waals surface area (Å²) in [7, 11) is -5.97. The zero-order valence-corrected chi connectivity index (χ0v) is 46.3. The average molecular weight is 1010 g/mol. The van der Waals surface area contributed by atoms with Crippen LogP contribution >= 0.6 is 23.2 Å². The lowest BCUT2D eigenvalue weighted by Gasteiger charge is -2.44. The van der Waals surface area contributed by atoms with Gasteiger partial charge in [0.2, 0.25) is 0 Å². The second kappa shape index (κ2) is 23.1. The van der Waals surface area contributed by atoms with E-state index < -0.39 is 27.3 Å². The molecule has 0 atom stereocenters. The first-order valence-corrected chi connectivity index (χ1v) is 28.6. The Morgan fingerprint density at radius 1 is 0.347 bits per heavy atom. The summed E-state index contributed by atoms with van der Waals surface area (Å²) in [5.74, 6) is 38.4. The number of hydrogen-bond acceptors (Lipinski definition) is 2. The lowest BCUT2D eigenvalue weighted by atomic mass is 10.1. The highest BCUT2D eigenvalue weighted by atomic mass is 35.5. The number of benzene rings is 6. The molecule has 0 aliphatic carbocycles. The third-order valence-corrected chi connectivity index (χ3v) is 24.6. The van der Waals surface area contributed by atoms with Gasteiger partial charge in [-0.05, 0) is 119 Å². The molecule has 6 rings (SSSR count). The normalized spacial score (nSPS) is 12.4. The van der Waals surface area contributed by atoms with Crippen molar-refractivity contribution >= 4 is 60.1 Å². The molecule has 6 aromatic carbocycles. The van der Waals surface area contributed by atoms with E-state index in [0.29, 0.717) is 10.1 Å². The molecule has 0 aromatic heterocycles. The molecule has 6 aromatic rings. The van der Waals surface area contributed by atoms with Gasteiger partial charge in [0.05, 0.1) is 10.1 Å². The van der Waals surface area contributed by atoms with Crippen molar-refractivity contribution in [1.82, 2.24) is 0 Å². The second-order valence-electron chi connectivity index (χ2n) is 20.6. The first kappa shape index (κ1) is 54.4. The Morgan fingerprint density at radius 2 is 0.583 bits per heavy atom. The van der Waals surface area contributed by atoms with Crippen molar-refractivity contribution < 1.29 is 10.2 Å². The maximum atomic E-state index is 10.6. The molecule has 72 heavy (non-hydrogen) atoms. The monoisotopic (exact) mass is 1010 g/mol. The zero-order valence-electron chi connectivity index (χ0n) is 42.8. The van der Waals surface area contributed by atoms with Crippen LogP contribution in [0.3, 0.4) is 0 Å². The van der Waals surface area contributed by atoms with E-state index in [1.54, 1.807) is 27.7 Å². The smallest absolute Gasteiger partial charge is 0.166 e. The van der Waals surface area contributed by atoms with Crippen LogP contribution in [0.5, 0.6) is 0 Å². The summed E-state index contributed by atoms with van der Waals surface area (Å²) >= 11 is 14.5. The van der Waals surface area contributed by atoms with Gasteiger partial charge in [0.1, 0.15) is 11.2 Å². The summed E-state index contributed by atoms with van der Waals surface area (Å²) in [6.07, 6.45) is 0. The van der Waals surface area contributed by atoms with Gasteiger partial charge in [0, 0.05) is 32.6 Å². The highest BCUT2D eigenvalue weighted by molar-refractivity contribution is 7.11. The molecule has 0 fully saturated rings. The number of rotatable bonds is 6. The van der Waals surface area contributed by atoms with E-state index in [4.69, 9.17) is 23.2 Å². The average Bonchev–Trinajstić information content (AvgIpc) is 3.34. The first-order valence-electron chi connectivity index (χ1n) is 23.9. The fourth-order valence-electron chi connectivity index (χ4n) is 9.06. The Morgan fingerprint density at radius 3 is 0.806 bits per heavy atom. The summed E-state index contributed by atoms with van der Waals surface area (Å²) in [5.41, 5.74) is 0.705. The topological polar surface area (TPSA) is 40.5 Å². The third-order valence-electron chi connectivity index (χ3n) is 12.1. The predicted octanol–water partition coefficient (Wildman–Crippen LogP) is 11.5. The standard InChI is InChI=1S/C66H60Cl2O2Si2/c1-63(2,3)71(55-27-15-11-16-28-55,56-29-17-12-18-30-56)61(59(67)47-49-65(7,8)69)45-43-53-39-35-51(36-40-53)25-23-24-26-52-37-41-54(42-38-52)44-46-62(60(68)48-50-66(9,10)70)72(64(4,5)6,57-31-19-13-20-32-57)58-33-21-14-22-34-58/h11-22,27-42,69-70H,1-10H3/b61-59+,62-60+. The van der Waals surface area contributed by atoms with Crippen LogP contribution in [0, 0.1) is 71.0 Å². The molecule has 358 valence electrons. The molecule has 2 N–H and O–H groups in total. The maximum absolute atomic E-state index is 10.6. The van der Waals surface area contributed by atoms with Crippen molar-refractivity contribution in [2.45, 2.75) is 90.5 Å². The number of aliphatic hydroxyl groups is 2. The molecular formula is C66H60Cl2O2Si2. The summed E-state index contributed by atoms with van der Waals surface area (Å²) in [5, 5.41) is 27.5. The number of hydrogen-bond donors (Lipinski definition) is 2. The predicted molar refractivity (Wildman–Crippen MR) is 310 cm³/mol. The molecule has 0 spiro atoms. The molecule has 2 nitrogen and oxygen atoms in total. The lowest BCUT2D eigenvalue weighted by Crippen LogP contribution is -2.66. The molecule has 0 saturated carbocycles. The third kappa shape index (κ3) is 13.1. The van der Waals surface area contributed by atoms with Gasteiger partial charge in [0.15, 0.2) is 16.1 Å². The summed E-state index contributed by atoms with van der Waals surface area (Å²) in [4.78, 5) is 0. The highest BCUT2D eigenvalue weighted by Crippen LogP contribution is 2.43. The molecule has 0 aliphatic heterocycles. The summed E-state index contributed by atoms with van der Waals surface area (Å²) in [6, 6.07) is 57.5. The fourth-order valence-corrected chi connectivity index (χ4v) is 20.9. The van der Waals surface area contributed by atoms with E-state index in [9.17, 15) is 10.2 Å². The van der Waals surface area contributed by atoms with E-state index >= 15 is 0 Å². The van der Waals surface area contributed by atoms with Gasteiger partial charge >= 0.3 is 0 Å². The molecular weight excluding hydrogens is 952 g/mol. The van der Waals surface area contributed by atoms with Crippen LogP contribution in [0.25, 0.3) is 0 Å². The van der Waals surface area contributed by atoms with Gasteiger partial charge in [-0.1, -0.05) is 245 Å². The van der Waals surface area contributed by atoms with Gasteiger partial charge in [-0.3, -0.25) is 0 Å². The molecule has 0 unspecified atom stereocenters. The Labute approximate surface area is 441 Å². The fraction of sp³-hybridized carbons (Fsp3) is 0.212. The van der Waals surface area contributed by atoms with Crippen LogP contribution in [-0.4, -0.2) is 37.6 Å². The summed E-state index contributed by atoms with van der Waals surface area (Å²) in [6.45, 7) is 20.1. The Balaban J connectivity index is 1.32. The lowest BCUT2D eigenvalue weighted by molar-refractivity contribution is 0.143. The number of allylic oxidation sites excluding steroid dienone is 4. The highest BCUT2D eigenvalue weighted by Gasteiger charge is 2.52. The van der Waals surface area contributed by atoms with Gasteiger partial charge in [-0.25, -0.2) is 0 Å². The van der Waals surface area contributed by atoms with Gasteiger partial charge in [-0.2, -0.15) is 0 Å². The van der Waals surface area contributed by atoms with Gasteiger partial charge < -0.3 is 10.2 Å². The molecule has 6 heteroatoms. The van der Waals surface area contributed by atoms with Gasteiger partial charge in [-0.15, -0.1) is 0 Å². The first-order chi connectivity index (χ1) is 34.1. The van der Waals surface area contributed by atoms with Crippen molar-refractivity contribution in [3.63, 3.8) is 0 Å². The van der Waals surface area contributed by atoms with Crippen molar-refractivity contribution in [3.05, 3.63) is 213 Å². The SMILES string of the molecule is CC(C)(O)C#C/C(Cl)=C(/C#Cc1ccc(C#CC#Cc2ccc(C#C/C(=C(\Cl)C#CC(C)(C)O)[Si](c3ccccc3)(c3ccccc3)C(C)(C)C)cc2)cc1)[Si](c1ccccc1)(c1ccccc1)C(C)(C)C. The van der Waals surface area contributed by atoms with E-state index in [0.717, 1.165) is 53.4 Å². The van der Waals surface area contributed by atoms with E-state index in [1.165, 1.54) is 0 Å². The Hall–Kier alpha value is -6.91. The van der Waals surface area contributed by atoms with Crippen LogP contribution in [-0.2, 0) is 0 Å². The second-order valence-corrected chi connectivity index (χ2v) is 30.7. The maximum Gasteiger partial charge on any atom is 0.166 e. The van der Waals surface area contributed by atoms with Crippen LogP contribution in [0.4, 0.5) is 0 Å². The molecule has 0 heterocycles. The van der Waals surface area contributed by atoms with Crippen LogP contribution < -0.4 is 20.7 Å². The zero-order chi connectivity index (χ0) is 52.2. The Kier molecular flexibility index (Phi) is 17.5. The van der Waals surface area contributed by atoms with E-state index in [1.807, 2.05) is 72.8 Å². The summed E-state index contributed by atoms with van der Waals surface area (Å²) < 4.78 is 0. The largest absolute Gasteiger partial charge is 0.378 e. The van der Waals surface area contributed by atoms with Crippen molar-refractivity contribution in [3.8, 4) is 71.0 Å². The Bertz CT molecular complexity index is 3020. The van der Waals surface area contributed by atoms with Crippen molar-refractivity contribution in [1.29, 1.82) is 0 Å². The van der Waals surface area contributed by atoms with E-state index in [2.05, 4.69) is 210 Å². The molecule has 0 aliphatic rings. The number of halogens is 2. The molecule has 0 bridgehead atoms. The van der Waals surface area contributed by atoms with E-state index in [-0.39, 0.29) is 10.1 Å². The molecule has 0 amide bonds. The van der Waals surface area contributed by atoms with Crippen LogP contribution in [0.15, 0.2) is 190 Å². The molecule has 0 radical (unpaired) electrons. The van der Waals surface area contributed by atoms with Crippen molar-refractivity contribution in [2.24, 2.45) is 0 Å².